The van der Waals surface area contributed by atoms with Gasteiger partial charge in [-0.25, -0.2) is 4.79 Å². The van der Waals surface area contributed by atoms with Crippen LogP contribution >= 0.6 is 11.3 Å². The van der Waals surface area contributed by atoms with Crippen molar-refractivity contribution in [3.05, 3.63) is 58.0 Å². The zero-order valence-electron chi connectivity index (χ0n) is 20.4. The lowest BCUT2D eigenvalue weighted by atomic mass is 9.92. The maximum atomic E-state index is 12.0. The molecule has 1 N–H and O–H groups in total. The first-order valence-electron chi connectivity index (χ1n) is 12.0. The minimum atomic E-state index is -0.490. The van der Waals surface area contributed by atoms with Crippen LogP contribution in [0.15, 0.2) is 42.5 Å². The normalized spacial score (nSPS) is 13.4. The number of hydrogen-bond donors (Lipinski definition) is 1. The number of carbonyl (C=O) groups is 1. The molecule has 9 heteroatoms. The van der Waals surface area contributed by atoms with E-state index in [0.29, 0.717) is 23.9 Å². The number of fused-ring (bicyclic) bond motifs is 1. The molecule has 0 bridgehead atoms. The van der Waals surface area contributed by atoms with Gasteiger partial charge in [-0.15, -0.1) is 10.2 Å². The summed E-state index contributed by atoms with van der Waals surface area (Å²) in [5.74, 6) is 0.729. The highest BCUT2D eigenvalue weighted by atomic mass is 32.1. The van der Waals surface area contributed by atoms with Crippen molar-refractivity contribution in [1.82, 2.24) is 14.8 Å². The summed E-state index contributed by atoms with van der Waals surface area (Å²) in [6.07, 6.45) is 2.61. The predicted molar refractivity (Wildman–Crippen MR) is 139 cm³/mol. The van der Waals surface area contributed by atoms with E-state index in [1.807, 2.05) is 49.4 Å². The van der Waals surface area contributed by atoms with E-state index in [9.17, 15) is 10.1 Å². The summed E-state index contributed by atoms with van der Waals surface area (Å²) in [6, 6.07) is 16.2. The molecule has 36 heavy (non-hydrogen) atoms. The molecule has 184 valence electrons. The van der Waals surface area contributed by atoms with Gasteiger partial charge < -0.3 is 14.0 Å². The second-order valence-electron chi connectivity index (χ2n) is 9.13. The molecule has 1 fully saturated rings. The van der Waals surface area contributed by atoms with Crippen LogP contribution in [-0.4, -0.2) is 27.0 Å². The van der Waals surface area contributed by atoms with Crippen molar-refractivity contribution in [2.24, 2.45) is 0 Å². The summed E-state index contributed by atoms with van der Waals surface area (Å²) in [6.45, 7) is 5.88. The molecule has 0 radical (unpaired) electrons. The Morgan fingerprint density at radius 2 is 2.00 bits per heavy atom. The molecule has 5 rings (SSSR count). The van der Waals surface area contributed by atoms with Crippen molar-refractivity contribution in [2.45, 2.75) is 58.8 Å². The van der Waals surface area contributed by atoms with Gasteiger partial charge in [0.1, 0.15) is 23.4 Å². The summed E-state index contributed by atoms with van der Waals surface area (Å²) >= 11 is 1.52. The molecule has 1 amide bonds. The summed E-state index contributed by atoms with van der Waals surface area (Å²) in [5, 5.41) is 23.7. The standard InChI is InChI=1S/C27H27N5O3S/c1-16(2)35-27(33)29-19-9-7-18(8-10-19)26-23(14-28)22-12-11-21(34-15-25-31-30-17(3)36-25)13-24(22)32(26)20-5-4-6-20/h7-13,16,20H,4-6,15H2,1-3H3,(H,29,33). The molecule has 1 saturated carbocycles. The zero-order valence-corrected chi connectivity index (χ0v) is 21.3. The molecule has 0 aliphatic heterocycles. The number of rotatable bonds is 7. The van der Waals surface area contributed by atoms with Crippen LogP contribution in [0.3, 0.4) is 0 Å². The number of anilines is 1. The van der Waals surface area contributed by atoms with Crippen LogP contribution in [0.4, 0.5) is 10.5 Å². The molecule has 1 aliphatic carbocycles. The Labute approximate surface area is 213 Å². The van der Waals surface area contributed by atoms with Gasteiger partial charge in [0.25, 0.3) is 0 Å². The fraction of sp³-hybridized carbons (Fsp3) is 0.333. The van der Waals surface area contributed by atoms with Crippen molar-refractivity contribution >= 4 is 34.0 Å². The Balaban J connectivity index is 1.50. The Kier molecular flexibility index (Phi) is 6.61. The Bertz CT molecular complexity index is 1440. The van der Waals surface area contributed by atoms with Gasteiger partial charge in [-0.1, -0.05) is 23.5 Å². The zero-order chi connectivity index (χ0) is 25.2. The average Bonchev–Trinajstić information content (AvgIpc) is 3.37. The monoisotopic (exact) mass is 501 g/mol. The van der Waals surface area contributed by atoms with E-state index in [1.54, 1.807) is 13.8 Å². The third kappa shape index (κ3) is 4.77. The number of aromatic nitrogens is 3. The third-order valence-corrected chi connectivity index (χ3v) is 7.02. The first kappa shape index (κ1) is 23.8. The van der Waals surface area contributed by atoms with E-state index < -0.39 is 6.09 Å². The summed E-state index contributed by atoms with van der Waals surface area (Å²) < 4.78 is 13.5. The fourth-order valence-corrected chi connectivity index (χ4v) is 5.04. The average molecular weight is 502 g/mol. The van der Waals surface area contributed by atoms with Crippen molar-refractivity contribution < 1.29 is 14.3 Å². The smallest absolute Gasteiger partial charge is 0.411 e. The molecule has 0 atom stereocenters. The quantitative estimate of drug-likeness (QED) is 0.306. The molecule has 8 nitrogen and oxygen atoms in total. The van der Waals surface area contributed by atoms with E-state index >= 15 is 0 Å². The van der Waals surface area contributed by atoms with Crippen LogP contribution in [0.2, 0.25) is 0 Å². The molecule has 2 aromatic heterocycles. The van der Waals surface area contributed by atoms with E-state index in [2.05, 4.69) is 26.2 Å². The summed E-state index contributed by atoms with van der Waals surface area (Å²) in [7, 11) is 0. The molecule has 0 unspecified atom stereocenters. The van der Waals surface area contributed by atoms with Gasteiger partial charge in [-0.05, 0) is 69.9 Å². The van der Waals surface area contributed by atoms with Gasteiger partial charge in [0.05, 0.1) is 22.9 Å². The van der Waals surface area contributed by atoms with Crippen LogP contribution in [-0.2, 0) is 11.3 Å². The first-order chi connectivity index (χ1) is 17.4. The van der Waals surface area contributed by atoms with Crippen molar-refractivity contribution in [2.75, 3.05) is 5.32 Å². The number of carbonyl (C=O) groups excluding carboxylic acids is 1. The topological polar surface area (TPSA) is 102 Å². The minimum absolute atomic E-state index is 0.197. The van der Waals surface area contributed by atoms with Crippen molar-refractivity contribution in [3.63, 3.8) is 0 Å². The third-order valence-electron chi connectivity index (χ3n) is 6.21. The van der Waals surface area contributed by atoms with Crippen molar-refractivity contribution in [3.8, 4) is 23.1 Å². The van der Waals surface area contributed by atoms with E-state index in [0.717, 1.165) is 50.8 Å². The molecule has 0 spiro atoms. The Morgan fingerprint density at radius 1 is 1.22 bits per heavy atom. The lowest BCUT2D eigenvalue weighted by Gasteiger charge is -2.30. The van der Waals surface area contributed by atoms with E-state index in [-0.39, 0.29) is 6.10 Å². The minimum Gasteiger partial charge on any atom is -0.486 e. The number of benzene rings is 2. The highest BCUT2D eigenvalue weighted by Gasteiger charge is 2.28. The molecule has 1 aliphatic rings. The largest absolute Gasteiger partial charge is 0.486 e. The molecule has 4 aromatic rings. The fourth-order valence-electron chi connectivity index (χ4n) is 4.41. The maximum absolute atomic E-state index is 12.0. The van der Waals surface area contributed by atoms with Gasteiger partial charge in [-0.2, -0.15) is 5.26 Å². The molecule has 2 aromatic carbocycles. The second-order valence-corrected chi connectivity index (χ2v) is 10.4. The van der Waals surface area contributed by atoms with Gasteiger partial charge in [-0.3, -0.25) is 5.32 Å². The summed E-state index contributed by atoms with van der Waals surface area (Å²) in [4.78, 5) is 12.0. The van der Waals surface area contributed by atoms with Crippen LogP contribution in [0.25, 0.3) is 22.2 Å². The number of nitrogens with zero attached hydrogens (tertiary/aromatic N) is 4. The molecule has 2 heterocycles. The summed E-state index contributed by atoms with van der Waals surface area (Å²) in [5.41, 5.74) is 4.08. The van der Waals surface area contributed by atoms with E-state index in [1.165, 1.54) is 17.8 Å². The van der Waals surface area contributed by atoms with Crippen LogP contribution in [0, 0.1) is 18.3 Å². The van der Waals surface area contributed by atoms with Crippen LogP contribution in [0.5, 0.6) is 5.75 Å². The lowest BCUT2D eigenvalue weighted by molar-refractivity contribution is 0.130. The van der Waals surface area contributed by atoms with Crippen LogP contribution < -0.4 is 10.1 Å². The Hall–Kier alpha value is -3.90. The number of nitriles is 1. The SMILES string of the molecule is Cc1nnc(COc2ccc3c(C#N)c(-c4ccc(NC(=O)OC(C)C)cc4)n(C4CCC4)c3c2)s1. The van der Waals surface area contributed by atoms with Crippen molar-refractivity contribution in [1.29, 1.82) is 5.26 Å². The predicted octanol–water partition coefficient (Wildman–Crippen LogP) is 6.60. The Morgan fingerprint density at radius 3 is 2.61 bits per heavy atom. The molecular weight excluding hydrogens is 474 g/mol. The van der Waals surface area contributed by atoms with Gasteiger partial charge >= 0.3 is 6.09 Å². The van der Waals surface area contributed by atoms with Gasteiger partial charge in [0.2, 0.25) is 0 Å². The maximum Gasteiger partial charge on any atom is 0.411 e. The van der Waals surface area contributed by atoms with Crippen LogP contribution in [0.1, 0.15) is 54.7 Å². The number of ether oxygens (including phenoxy) is 2. The molecular formula is C27H27N5O3S. The number of amides is 1. The molecule has 0 saturated heterocycles. The highest BCUT2D eigenvalue weighted by Crippen LogP contribution is 2.43. The first-order valence-corrected chi connectivity index (χ1v) is 12.8. The highest BCUT2D eigenvalue weighted by molar-refractivity contribution is 7.11. The lowest BCUT2D eigenvalue weighted by Crippen LogP contribution is -2.18. The van der Waals surface area contributed by atoms with Gasteiger partial charge in [0, 0.05) is 23.2 Å². The number of hydrogen-bond acceptors (Lipinski definition) is 7. The van der Waals surface area contributed by atoms with E-state index in [4.69, 9.17) is 9.47 Å². The number of aryl methyl sites for hydroxylation is 1. The van der Waals surface area contributed by atoms with Gasteiger partial charge in [0.15, 0.2) is 5.01 Å². The second kappa shape index (κ2) is 9.99. The number of nitrogens with one attached hydrogen (secondary N) is 1.